The molecule has 0 aromatic carbocycles. The second kappa shape index (κ2) is 8.33. The molecule has 0 radical (unpaired) electrons. The molecule has 3 aromatic heterocycles. The minimum atomic E-state index is -0.735. The van der Waals surface area contributed by atoms with Crippen LogP contribution in [-0.2, 0) is 0 Å². The number of fused-ring (bicyclic) bond motifs is 1. The summed E-state index contributed by atoms with van der Waals surface area (Å²) in [6, 6.07) is 5.47. The number of nitrogens with zero attached hydrogens (tertiary/aromatic N) is 5. The number of carbonyl (C=O) groups excluding carboxylic acids is 1. The number of nitrogens with one attached hydrogen (secondary N) is 2. The molecule has 5 N–H and O–H groups in total. The molecule has 0 spiro atoms. The van der Waals surface area contributed by atoms with Gasteiger partial charge in [-0.25, -0.2) is 9.97 Å². The highest BCUT2D eigenvalue weighted by atomic mass is 16.3. The lowest BCUT2D eigenvalue weighted by Gasteiger charge is -2.18. The Bertz CT molecular complexity index is 1250. The van der Waals surface area contributed by atoms with Gasteiger partial charge in [-0.3, -0.25) is 4.79 Å². The van der Waals surface area contributed by atoms with Crippen LogP contribution >= 0.6 is 0 Å². The van der Waals surface area contributed by atoms with Crippen molar-refractivity contribution in [1.29, 1.82) is 5.26 Å². The molecule has 172 valence electrons. The molecule has 4 rings (SSSR count). The number of amides is 1. The minimum Gasteiger partial charge on any atom is -0.390 e. The molecule has 10 nitrogen and oxygen atoms in total. The van der Waals surface area contributed by atoms with Crippen molar-refractivity contribution in [2.75, 3.05) is 17.6 Å². The summed E-state index contributed by atoms with van der Waals surface area (Å²) in [4.78, 5) is 21.7. The Hall–Kier alpha value is -3.71. The average Bonchev–Trinajstić information content (AvgIpc) is 3.44. The van der Waals surface area contributed by atoms with E-state index in [1.807, 2.05) is 19.9 Å². The molecule has 10 heteroatoms. The molecule has 1 fully saturated rings. The molecule has 3 aromatic rings. The van der Waals surface area contributed by atoms with Gasteiger partial charge in [0.2, 0.25) is 0 Å². The molecular weight excluding hydrogens is 420 g/mol. The highest BCUT2D eigenvalue weighted by molar-refractivity contribution is 5.99. The summed E-state index contributed by atoms with van der Waals surface area (Å²) in [7, 11) is 0. The highest BCUT2D eigenvalue weighted by Crippen LogP contribution is 2.45. The molecule has 1 aliphatic carbocycles. The predicted molar refractivity (Wildman–Crippen MR) is 125 cm³/mol. The van der Waals surface area contributed by atoms with Crippen LogP contribution in [0.15, 0.2) is 24.5 Å². The van der Waals surface area contributed by atoms with Crippen LogP contribution in [-0.4, -0.2) is 48.9 Å². The van der Waals surface area contributed by atoms with Gasteiger partial charge in [0.1, 0.15) is 11.9 Å². The van der Waals surface area contributed by atoms with Gasteiger partial charge >= 0.3 is 0 Å². The van der Waals surface area contributed by atoms with E-state index in [1.165, 1.54) is 10.9 Å². The third-order valence-corrected chi connectivity index (χ3v) is 5.84. The lowest BCUT2D eigenvalue weighted by molar-refractivity contribution is 0.0507. The molecule has 0 aliphatic heterocycles. The van der Waals surface area contributed by atoms with Crippen LogP contribution in [0.25, 0.3) is 16.9 Å². The zero-order chi connectivity index (χ0) is 23.9. The number of carbonyl (C=O) groups is 1. The zero-order valence-electron chi connectivity index (χ0n) is 19.1. The Morgan fingerprint density at radius 2 is 2.15 bits per heavy atom. The summed E-state index contributed by atoms with van der Waals surface area (Å²) in [6.45, 7) is 8.07. The number of nitriles is 1. The Labute approximate surface area is 191 Å². The van der Waals surface area contributed by atoms with Gasteiger partial charge in [0.25, 0.3) is 5.91 Å². The second-order valence-electron chi connectivity index (χ2n) is 9.36. The zero-order valence-corrected chi connectivity index (χ0v) is 19.1. The van der Waals surface area contributed by atoms with Crippen molar-refractivity contribution in [3.8, 4) is 11.9 Å². The highest BCUT2D eigenvalue weighted by Gasteiger charge is 2.46. The fourth-order valence-corrected chi connectivity index (χ4v) is 4.06. The van der Waals surface area contributed by atoms with Gasteiger partial charge in [-0.2, -0.15) is 15.0 Å². The lowest BCUT2D eigenvalue weighted by Crippen LogP contribution is -2.30. The first-order valence-electron chi connectivity index (χ1n) is 10.9. The number of aromatic nitrogens is 4. The fourth-order valence-electron chi connectivity index (χ4n) is 4.06. The van der Waals surface area contributed by atoms with Crippen molar-refractivity contribution in [1.82, 2.24) is 25.1 Å². The summed E-state index contributed by atoms with van der Waals surface area (Å²) < 4.78 is 1.53. The molecule has 1 amide bonds. The van der Waals surface area contributed by atoms with Crippen molar-refractivity contribution in [3.05, 3.63) is 35.7 Å². The summed E-state index contributed by atoms with van der Waals surface area (Å²) in [6.07, 6.45) is 4.00. The van der Waals surface area contributed by atoms with Crippen LogP contribution in [0.2, 0.25) is 0 Å². The van der Waals surface area contributed by atoms with E-state index in [2.05, 4.69) is 25.7 Å². The second-order valence-corrected chi connectivity index (χ2v) is 9.36. The van der Waals surface area contributed by atoms with Crippen LogP contribution in [0.1, 0.15) is 50.0 Å². The third-order valence-electron chi connectivity index (χ3n) is 5.84. The molecule has 1 saturated carbocycles. The van der Waals surface area contributed by atoms with Gasteiger partial charge in [-0.1, -0.05) is 0 Å². The number of hydrogen-bond donors (Lipinski definition) is 4. The number of anilines is 2. The maximum absolute atomic E-state index is 12.9. The molecule has 33 heavy (non-hydrogen) atoms. The van der Waals surface area contributed by atoms with E-state index in [4.69, 9.17) is 5.73 Å². The van der Waals surface area contributed by atoms with Crippen LogP contribution < -0.4 is 16.4 Å². The fraction of sp³-hybridized carbons (Fsp3) is 0.435. The molecule has 1 aliphatic rings. The van der Waals surface area contributed by atoms with Crippen LogP contribution in [0, 0.1) is 23.2 Å². The smallest absolute Gasteiger partial charge is 0.254 e. The standard InChI is InChI=1S/C23H28N8O2/c1-12(2)29-18-7-19(31-21-15(10-28-31)5-13(8-24)20(25)30-21)26-11-16(18)22(32)27-9-14-6-17(14)23(3,4)33/h5,7,10-12,14,17,33H,6,9H2,1-4H3,(H2,25,30)(H,26,29)(H,27,32). The Balaban J connectivity index is 1.61. The first-order valence-corrected chi connectivity index (χ1v) is 10.9. The third kappa shape index (κ3) is 4.59. The maximum atomic E-state index is 12.9. The summed E-state index contributed by atoms with van der Waals surface area (Å²) >= 11 is 0. The molecule has 0 saturated heterocycles. The van der Waals surface area contributed by atoms with E-state index in [0.29, 0.717) is 34.6 Å². The van der Waals surface area contributed by atoms with Crippen molar-refractivity contribution in [2.45, 2.75) is 45.8 Å². The summed E-state index contributed by atoms with van der Waals surface area (Å²) in [5.74, 6) is 0.817. The van der Waals surface area contributed by atoms with E-state index in [0.717, 1.165) is 6.42 Å². The van der Waals surface area contributed by atoms with Crippen molar-refractivity contribution < 1.29 is 9.90 Å². The van der Waals surface area contributed by atoms with Crippen molar-refractivity contribution in [2.24, 2.45) is 11.8 Å². The average molecular weight is 449 g/mol. The van der Waals surface area contributed by atoms with Crippen molar-refractivity contribution >= 4 is 28.4 Å². The van der Waals surface area contributed by atoms with Crippen LogP contribution in [0.4, 0.5) is 11.5 Å². The van der Waals surface area contributed by atoms with E-state index in [9.17, 15) is 15.2 Å². The predicted octanol–water partition coefficient (Wildman–Crippen LogP) is 2.23. The summed E-state index contributed by atoms with van der Waals surface area (Å²) in [5, 5.41) is 30.6. The normalized spacial score (nSPS) is 17.7. The topological polar surface area (TPSA) is 155 Å². The summed E-state index contributed by atoms with van der Waals surface area (Å²) in [5.41, 5.74) is 6.94. The molecule has 3 heterocycles. The van der Waals surface area contributed by atoms with Crippen LogP contribution in [0.3, 0.4) is 0 Å². The van der Waals surface area contributed by atoms with Gasteiger partial charge in [-0.15, -0.1) is 0 Å². The molecule has 0 bridgehead atoms. The number of aliphatic hydroxyl groups is 1. The SMILES string of the molecule is CC(C)Nc1cc(-n2ncc3cc(C#N)c(N)nc32)ncc1C(=O)NCC1CC1C(C)(C)O. The van der Waals surface area contributed by atoms with Gasteiger partial charge in [0.15, 0.2) is 11.5 Å². The van der Waals surface area contributed by atoms with Gasteiger partial charge in [0.05, 0.1) is 28.6 Å². The number of nitrogen functional groups attached to an aromatic ring is 1. The first-order chi connectivity index (χ1) is 15.6. The minimum absolute atomic E-state index is 0.0797. The molecular formula is C23H28N8O2. The van der Waals surface area contributed by atoms with Crippen LogP contribution in [0.5, 0.6) is 0 Å². The first kappa shape index (κ1) is 22.5. The number of rotatable bonds is 7. The largest absolute Gasteiger partial charge is 0.390 e. The van der Waals surface area contributed by atoms with Gasteiger partial charge in [-0.05, 0) is 52.0 Å². The Morgan fingerprint density at radius 1 is 1.39 bits per heavy atom. The van der Waals surface area contributed by atoms with Gasteiger partial charge < -0.3 is 21.5 Å². The van der Waals surface area contributed by atoms with E-state index in [1.54, 1.807) is 32.2 Å². The van der Waals surface area contributed by atoms with E-state index >= 15 is 0 Å². The van der Waals surface area contributed by atoms with E-state index in [-0.39, 0.29) is 35.2 Å². The Kier molecular flexibility index (Phi) is 5.68. The monoisotopic (exact) mass is 448 g/mol. The van der Waals surface area contributed by atoms with Gasteiger partial charge in [0, 0.05) is 30.2 Å². The lowest BCUT2D eigenvalue weighted by atomic mass is 10.0. The van der Waals surface area contributed by atoms with E-state index < -0.39 is 5.60 Å². The molecule has 2 atom stereocenters. The molecule has 2 unspecified atom stereocenters. The number of hydrogen-bond acceptors (Lipinski definition) is 8. The number of nitrogens with two attached hydrogens (primary N) is 1. The quantitative estimate of drug-likeness (QED) is 0.429. The maximum Gasteiger partial charge on any atom is 0.254 e. The van der Waals surface area contributed by atoms with Crippen molar-refractivity contribution in [3.63, 3.8) is 0 Å². The number of pyridine rings is 2. The Morgan fingerprint density at radius 3 is 2.79 bits per heavy atom.